The number of phenolic OH excluding ortho intramolecular Hbond substituents is 2. The molecule has 0 bridgehead atoms. The third-order valence-electron chi connectivity index (χ3n) is 7.23. The van der Waals surface area contributed by atoms with Crippen LogP contribution in [-0.2, 0) is 11.2 Å². The second kappa shape index (κ2) is 6.20. The molecule has 2 aliphatic carbocycles. The van der Waals surface area contributed by atoms with Crippen LogP contribution in [0.1, 0.15) is 63.6 Å². The predicted octanol–water partition coefficient (Wildman–Crippen LogP) is 7.18. The summed E-state index contributed by atoms with van der Waals surface area (Å²) >= 11 is 4.41. The van der Waals surface area contributed by atoms with Gasteiger partial charge >= 0.3 is 0 Å². The number of fused-ring (bicyclic) bond motifs is 7. The molecule has 0 radical (unpaired) electrons. The number of rotatable bonds is 1. The molecule has 3 aromatic rings. The average molecular weight is 419 g/mol. The Balaban J connectivity index is 1.91. The Kier molecular flexibility index (Phi) is 4.09. The van der Waals surface area contributed by atoms with Gasteiger partial charge in [0.25, 0.3) is 0 Å². The summed E-state index contributed by atoms with van der Waals surface area (Å²) in [6.07, 6.45) is 3.32. The van der Waals surface area contributed by atoms with E-state index in [4.69, 9.17) is 0 Å². The highest BCUT2D eigenvalue weighted by Crippen LogP contribution is 2.64. The molecule has 0 aliphatic heterocycles. The van der Waals surface area contributed by atoms with Crippen molar-refractivity contribution in [2.45, 2.75) is 58.1 Å². The third kappa shape index (κ3) is 2.71. The Labute approximate surface area is 184 Å². The Hall–Kier alpha value is -2.13. The van der Waals surface area contributed by atoms with E-state index < -0.39 is 0 Å². The van der Waals surface area contributed by atoms with E-state index in [0.29, 0.717) is 11.1 Å². The van der Waals surface area contributed by atoms with Crippen molar-refractivity contribution in [2.75, 3.05) is 0 Å². The zero-order chi connectivity index (χ0) is 21.5. The van der Waals surface area contributed by atoms with Gasteiger partial charge in [0.15, 0.2) is 0 Å². The lowest BCUT2D eigenvalue weighted by atomic mass is 9.52. The molecule has 30 heavy (non-hydrogen) atoms. The molecule has 1 fully saturated rings. The molecule has 0 heterocycles. The molecule has 0 atom stereocenters. The Morgan fingerprint density at radius 3 is 2.13 bits per heavy atom. The van der Waals surface area contributed by atoms with Crippen molar-refractivity contribution < 1.29 is 10.2 Å². The van der Waals surface area contributed by atoms with E-state index in [1.807, 2.05) is 12.1 Å². The third-order valence-corrected chi connectivity index (χ3v) is 7.57. The number of thiol groups is 1. The van der Waals surface area contributed by atoms with Gasteiger partial charge in [-0.05, 0) is 75.9 Å². The molecular formula is C27H30O2S. The molecule has 3 heteroatoms. The van der Waals surface area contributed by atoms with Crippen molar-refractivity contribution in [3.05, 3.63) is 59.2 Å². The fraction of sp³-hybridized carbons (Fsp3) is 0.407. The van der Waals surface area contributed by atoms with Crippen molar-refractivity contribution >= 4 is 23.4 Å². The van der Waals surface area contributed by atoms with Crippen LogP contribution in [0, 0.1) is 10.8 Å². The maximum atomic E-state index is 11.0. The number of hydrogen-bond acceptors (Lipinski definition) is 3. The Morgan fingerprint density at radius 2 is 1.47 bits per heavy atom. The largest absolute Gasteiger partial charge is 0.508 e. The molecule has 2 N–H and O–H groups in total. The molecule has 0 aromatic heterocycles. The lowest BCUT2D eigenvalue weighted by molar-refractivity contribution is 0.0645. The molecule has 0 saturated heterocycles. The monoisotopic (exact) mass is 418 g/mol. The van der Waals surface area contributed by atoms with Crippen LogP contribution in [-0.4, -0.2) is 10.2 Å². The maximum absolute atomic E-state index is 11.0. The fourth-order valence-electron chi connectivity index (χ4n) is 7.04. The molecule has 156 valence electrons. The summed E-state index contributed by atoms with van der Waals surface area (Å²) in [6.45, 7) is 9.53. The van der Waals surface area contributed by atoms with Gasteiger partial charge in [0.05, 0.1) is 0 Å². The van der Waals surface area contributed by atoms with Crippen LogP contribution >= 0.6 is 12.6 Å². The first-order valence-electron chi connectivity index (χ1n) is 10.8. The van der Waals surface area contributed by atoms with Crippen LogP contribution in [0.4, 0.5) is 0 Å². The lowest BCUT2D eigenvalue weighted by Crippen LogP contribution is -2.43. The van der Waals surface area contributed by atoms with Crippen LogP contribution in [0.25, 0.3) is 21.9 Å². The minimum absolute atomic E-state index is 0.109. The smallest absolute Gasteiger partial charge is 0.123 e. The average Bonchev–Trinajstić information content (AvgIpc) is 2.88. The first kappa shape index (κ1) is 19.8. The molecule has 0 amide bonds. The molecule has 1 spiro atoms. The van der Waals surface area contributed by atoms with Gasteiger partial charge in [-0.25, -0.2) is 0 Å². The van der Waals surface area contributed by atoms with Crippen molar-refractivity contribution in [1.29, 1.82) is 0 Å². The standard InChI is InChI=1S/C27H30O2S/c1-25(2)13-26(3,4)15-27(14-25)20-8-6-5-7-17(20)24-19-9-16(12-30)22(28)10-18(19)23(29)11-21(24)27/h5-11,28-30H,12-15H2,1-4H3. The highest BCUT2D eigenvalue weighted by molar-refractivity contribution is 7.79. The minimum atomic E-state index is -0.109. The molecule has 0 unspecified atom stereocenters. The van der Waals surface area contributed by atoms with Crippen LogP contribution in [0.5, 0.6) is 11.5 Å². The highest BCUT2D eigenvalue weighted by Gasteiger charge is 2.53. The van der Waals surface area contributed by atoms with Crippen molar-refractivity contribution in [3.63, 3.8) is 0 Å². The first-order valence-corrected chi connectivity index (χ1v) is 11.4. The molecule has 3 aromatic carbocycles. The van der Waals surface area contributed by atoms with E-state index in [2.05, 4.69) is 64.6 Å². The number of benzene rings is 3. The Bertz CT molecular complexity index is 1170. The summed E-state index contributed by atoms with van der Waals surface area (Å²) in [6, 6.07) is 14.5. The van der Waals surface area contributed by atoms with Crippen molar-refractivity contribution in [2.24, 2.45) is 10.8 Å². The summed E-state index contributed by atoms with van der Waals surface area (Å²) in [7, 11) is 0. The van der Waals surface area contributed by atoms with E-state index in [1.165, 1.54) is 28.7 Å². The number of phenols is 2. The second-order valence-electron chi connectivity index (χ2n) is 11.0. The molecular weight excluding hydrogens is 388 g/mol. The normalized spacial score (nSPS) is 20.3. The topological polar surface area (TPSA) is 40.5 Å². The van der Waals surface area contributed by atoms with E-state index in [0.717, 1.165) is 23.8 Å². The molecule has 5 rings (SSSR count). The number of hydrogen-bond donors (Lipinski definition) is 3. The van der Waals surface area contributed by atoms with Gasteiger partial charge in [-0.2, -0.15) is 12.6 Å². The summed E-state index contributed by atoms with van der Waals surface area (Å²) in [5.41, 5.74) is 6.19. The lowest BCUT2D eigenvalue weighted by Gasteiger charge is -2.51. The fourth-order valence-corrected chi connectivity index (χ4v) is 7.29. The van der Waals surface area contributed by atoms with E-state index in [-0.39, 0.29) is 27.7 Å². The summed E-state index contributed by atoms with van der Waals surface area (Å²) < 4.78 is 0. The van der Waals surface area contributed by atoms with Crippen molar-refractivity contribution in [1.82, 2.24) is 0 Å². The van der Waals surface area contributed by atoms with E-state index in [9.17, 15) is 10.2 Å². The quantitative estimate of drug-likeness (QED) is 0.366. The SMILES string of the molecule is CC1(C)CC(C)(C)CC2(C1)c1ccccc1-c1c2cc(O)c2cc(O)c(CS)cc12. The minimum Gasteiger partial charge on any atom is -0.508 e. The second-order valence-corrected chi connectivity index (χ2v) is 11.3. The predicted molar refractivity (Wildman–Crippen MR) is 128 cm³/mol. The van der Waals surface area contributed by atoms with Gasteiger partial charge in [0, 0.05) is 22.1 Å². The van der Waals surface area contributed by atoms with Crippen LogP contribution in [0.15, 0.2) is 42.5 Å². The van der Waals surface area contributed by atoms with Gasteiger partial charge in [-0.3, -0.25) is 0 Å². The van der Waals surface area contributed by atoms with Crippen molar-refractivity contribution in [3.8, 4) is 22.6 Å². The summed E-state index contributed by atoms with van der Waals surface area (Å²) in [5, 5.41) is 23.2. The molecule has 1 saturated carbocycles. The van der Waals surface area contributed by atoms with Gasteiger partial charge in [-0.15, -0.1) is 0 Å². The van der Waals surface area contributed by atoms with Gasteiger partial charge in [-0.1, -0.05) is 52.0 Å². The Morgan fingerprint density at radius 1 is 0.800 bits per heavy atom. The summed E-state index contributed by atoms with van der Waals surface area (Å²) in [4.78, 5) is 0. The van der Waals surface area contributed by atoms with Crippen LogP contribution in [0.3, 0.4) is 0 Å². The number of aromatic hydroxyl groups is 2. The van der Waals surface area contributed by atoms with Gasteiger partial charge in [0.2, 0.25) is 0 Å². The zero-order valence-electron chi connectivity index (χ0n) is 18.2. The zero-order valence-corrected chi connectivity index (χ0v) is 19.1. The highest BCUT2D eigenvalue weighted by atomic mass is 32.1. The van der Waals surface area contributed by atoms with Crippen LogP contribution in [0.2, 0.25) is 0 Å². The maximum Gasteiger partial charge on any atom is 0.123 e. The molecule has 2 aliphatic rings. The van der Waals surface area contributed by atoms with Gasteiger partial charge in [0.1, 0.15) is 11.5 Å². The molecule has 2 nitrogen and oxygen atoms in total. The van der Waals surface area contributed by atoms with Crippen LogP contribution < -0.4 is 0 Å². The first-order chi connectivity index (χ1) is 14.1. The van der Waals surface area contributed by atoms with Gasteiger partial charge < -0.3 is 10.2 Å². The summed E-state index contributed by atoms with van der Waals surface area (Å²) in [5.74, 6) is 0.894. The van der Waals surface area contributed by atoms with E-state index in [1.54, 1.807) is 6.07 Å². The van der Waals surface area contributed by atoms with E-state index >= 15 is 0 Å².